The number of nitrogens with zero attached hydrogens (tertiary/aromatic N) is 4. The van der Waals surface area contributed by atoms with Crippen molar-refractivity contribution in [3.8, 4) is 11.3 Å². The summed E-state index contributed by atoms with van der Waals surface area (Å²) in [6, 6.07) is 1.80. The van der Waals surface area contributed by atoms with Gasteiger partial charge in [-0.25, -0.2) is 4.98 Å². The van der Waals surface area contributed by atoms with Crippen LogP contribution in [0.25, 0.3) is 16.8 Å². The molecule has 0 atom stereocenters. The van der Waals surface area contributed by atoms with Crippen molar-refractivity contribution in [3.05, 3.63) is 41.1 Å². The van der Waals surface area contributed by atoms with Crippen LogP contribution in [-0.4, -0.2) is 25.1 Å². The van der Waals surface area contributed by atoms with Crippen LogP contribution in [0.3, 0.4) is 0 Å². The molecule has 4 rings (SSSR count). The summed E-state index contributed by atoms with van der Waals surface area (Å²) in [4.78, 5) is 16.0. The van der Waals surface area contributed by atoms with E-state index in [0.29, 0.717) is 16.3 Å². The van der Waals surface area contributed by atoms with Gasteiger partial charge in [-0.3, -0.25) is 9.48 Å². The van der Waals surface area contributed by atoms with Crippen molar-refractivity contribution in [2.75, 3.05) is 0 Å². The first-order valence-electron chi connectivity index (χ1n) is 7.16. The van der Waals surface area contributed by atoms with E-state index in [0.717, 1.165) is 42.6 Å². The zero-order chi connectivity index (χ0) is 15.3. The summed E-state index contributed by atoms with van der Waals surface area (Å²) in [6.45, 7) is 0.816. The van der Waals surface area contributed by atoms with Crippen molar-refractivity contribution < 1.29 is 4.79 Å². The van der Waals surface area contributed by atoms with Crippen molar-refractivity contribution >= 4 is 23.0 Å². The standard InChI is InChI=1S/C15H14ClN5O/c16-10-5-9(7-20-8-18-6-12(10)20)14-13(15(17)22)11-3-1-2-4-21(11)19-14/h5-8H,1-4H2,(H2,17,22). The molecule has 1 aliphatic rings. The van der Waals surface area contributed by atoms with Gasteiger partial charge in [0, 0.05) is 18.3 Å². The number of carbonyl (C=O) groups excluding carboxylic acids is 1. The molecule has 22 heavy (non-hydrogen) atoms. The van der Waals surface area contributed by atoms with E-state index >= 15 is 0 Å². The third-order valence-electron chi connectivity index (χ3n) is 4.08. The molecule has 0 saturated carbocycles. The number of hydrogen-bond donors (Lipinski definition) is 1. The molecule has 0 bridgehead atoms. The van der Waals surface area contributed by atoms with Crippen LogP contribution in [0.1, 0.15) is 28.9 Å². The molecule has 0 saturated heterocycles. The maximum atomic E-state index is 11.9. The molecule has 0 spiro atoms. The van der Waals surface area contributed by atoms with E-state index in [1.54, 1.807) is 18.6 Å². The van der Waals surface area contributed by atoms with Crippen molar-refractivity contribution in [2.45, 2.75) is 25.8 Å². The van der Waals surface area contributed by atoms with Gasteiger partial charge in [-0.05, 0) is 25.3 Å². The molecule has 0 unspecified atom stereocenters. The minimum Gasteiger partial charge on any atom is -0.365 e. The van der Waals surface area contributed by atoms with Gasteiger partial charge in [0.15, 0.2) is 0 Å². The third-order valence-corrected chi connectivity index (χ3v) is 4.38. The molecule has 3 aromatic heterocycles. The van der Waals surface area contributed by atoms with Crippen molar-refractivity contribution in [1.29, 1.82) is 0 Å². The van der Waals surface area contributed by atoms with E-state index in [-0.39, 0.29) is 0 Å². The number of pyridine rings is 1. The average Bonchev–Trinajstić information content (AvgIpc) is 3.11. The molecule has 1 aliphatic heterocycles. The van der Waals surface area contributed by atoms with E-state index in [1.165, 1.54) is 0 Å². The highest BCUT2D eigenvalue weighted by molar-refractivity contribution is 6.34. The summed E-state index contributed by atoms with van der Waals surface area (Å²) in [5.74, 6) is -0.444. The fraction of sp³-hybridized carbons (Fsp3) is 0.267. The zero-order valence-corrected chi connectivity index (χ0v) is 12.5. The van der Waals surface area contributed by atoms with Gasteiger partial charge in [-0.1, -0.05) is 11.6 Å². The molecular weight excluding hydrogens is 302 g/mol. The molecule has 6 nitrogen and oxygen atoms in total. The summed E-state index contributed by atoms with van der Waals surface area (Å²) in [6.07, 6.45) is 8.17. The number of halogens is 1. The quantitative estimate of drug-likeness (QED) is 0.788. The van der Waals surface area contributed by atoms with Crippen molar-refractivity contribution in [2.24, 2.45) is 5.73 Å². The Morgan fingerprint density at radius 1 is 1.36 bits per heavy atom. The number of rotatable bonds is 2. The molecule has 0 aromatic carbocycles. The zero-order valence-electron chi connectivity index (χ0n) is 11.8. The topological polar surface area (TPSA) is 78.2 Å². The molecule has 0 radical (unpaired) electrons. The van der Waals surface area contributed by atoms with Gasteiger partial charge in [0.05, 0.1) is 34.3 Å². The number of aromatic nitrogens is 4. The predicted molar refractivity (Wildman–Crippen MR) is 82.9 cm³/mol. The monoisotopic (exact) mass is 315 g/mol. The van der Waals surface area contributed by atoms with Crippen LogP contribution in [0.15, 0.2) is 24.8 Å². The van der Waals surface area contributed by atoms with E-state index in [2.05, 4.69) is 10.1 Å². The second kappa shape index (κ2) is 4.84. The van der Waals surface area contributed by atoms with Crippen LogP contribution in [0.2, 0.25) is 5.02 Å². The van der Waals surface area contributed by atoms with Crippen molar-refractivity contribution in [1.82, 2.24) is 19.2 Å². The van der Waals surface area contributed by atoms with E-state index in [4.69, 9.17) is 17.3 Å². The maximum Gasteiger partial charge on any atom is 0.252 e. The summed E-state index contributed by atoms with van der Waals surface area (Å²) in [7, 11) is 0. The lowest BCUT2D eigenvalue weighted by atomic mass is 10.0. The highest BCUT2D eigenvalue weighted by atomic mass is 35.5. The maximum absolute atomic E-state index is 11.9. The van der Waals surface area contributed by atoms with E-state index in [9.17, 15) is 4.79 Å². The van der Waals surface area contributed by atoms with Crippen LogP contribution >= 0.6 is 11.6 Å². The molecule has 7 heteroatoms. The Hall–Kier alpha value is -2.34. The molecule has 112 valence electrons. The smallest absolute Gasteiger partial charge is 0.252 e. The normalized spacial score (nSPS) is 14.2. The number of aryl methyl sites for hydroxylation is 1. The Bertz CT molecular complexity index is 895. The minimum atomic E-state index is -0.444. The number of imidazole rings is 1. The molecule has 1 amide bonds. The van der Waals surface area contributed by atoms with Gasteiger partial charge in [0.2, 0.25) is 0 Å². The molecule has 3 aromatic rings. The number of fused-ring (bicyclic) bond motifs is 2. The number of nitrogens with two attached hydrogens (primary N) is 1. The summed E-state index contributed by atoms with van der Waals surface area (Å²) in [5.41, 5.74) is 9.23. The van der Waals surface area contributed by atoms with Crippen molar-refractivity contribution in [3.63, 3.8) is 0 Å². The molecule has 2 N–H and O–H groups in total. The highest BCUT2D eigenvalue weighted by Gasteiger charge is 2.25. The third kappa shape index (κ3) is 1.91. The van der Waals surface area contributed by atoms with E-state index in [1.807, 2.05) is 15.3 Å². The van der Waals surface area contributed by atoms with Crippen LogP contribution in [0.4, 0.5) is 0 Å². The van der Waals surface area contributed by atoms with E-state index < -0.39 is 5.91 Å². The van der Waals surface area contributed by atoms with Crippen LogP contribution in [-0.2, 0) is 13.0 Å². The Labute approximate surface area is 131 Å². The molecular formula is C15H14ClN5O. The second-order valence-electron chi connectivity index (χ2n) is 5.48. The molecule has 4 heterocycles. The van der Waals surface area contributed by atoms with Gasteiger partial charge in [-0.2, -0.15) is 5.10 Å². The SMILES string of the molecule is NC(=O)c1c(-c2cc(Cl)c3cncn3c2)nn2c1CCCC2. The second-order valence-corrected chi connectivity index (χ2v) is 5.88. The van der Waals surface area contributed by atoms with Crippen LogP contribution in [0, 0.1) is 0 Å². The summed E-state index contributed by atoms with van der Waals surface area (Å²) in [5, 5.41) is 5.16. The van der Waals surface area contributed by atoms with Gasteiger partial charge < -0.3 is 10.1 Å². The molecule has 0 fully saturated rings. The predicted octanol–water partition coefficient (Wildman–Crippen LogP) is 2.29. The fourth-order valence-electron chi connectivity index (χ4n) is 3.07. The minimum absolute atomic E-state index is 0.444. The van der Waals surface area contributed by atoms with Gasteiger partial charge in [-0.15, -0.1) is 0 Å². The lowest BCUT2D eigenvalue weighted by Crippen LogP contribution is -2.17. The number of amides is 1. The Balaban J connectivity index is 1.97. The van der Waals surface area contributed by atoms with Crippen LogP contribution < -0.4 is 5.73 Å². The first-order chi connectivity index (χ1) is 10.6. The number of carbonyl (C=O) groups is 1. The average molecular weight is 316 g/mol. The Kier molecular flexibility index (Phi) is 2.94. The first kappa shape index (κ1) is 13.3. The largest absolute Gasteiger partial charge is 0.365 e. The first-order valence-corrected chi connectivity index (χ1v) is 7.54. The highest BCUT2D eigenvalue weighted by Crippen LogP contribution is 2.31. The van der Waals surface area contributed by atoms with Crippen LogP contribution in [0.5, 0.6) is 0 Å². The Morgan fingerprint density at radius 3 is 3.05 bits per heavy atom. The Morgan fingerprint density at radius 2 is 2.23 bits per heavy atom. The van der Waals surface area contributed by atoms with Gasteiger partial charge >= 0.3 is 0 Å². The number of primary amides is 1. The van der Waals surface area contributed by atoms with Gasteiger partial charge in [0.25, 0.3) is 5.91 Å². The molecule has 0 aliphatic carbocycles. The number of hydrogen-bond acceptors (Lipinski definition) is 3. The van der Waals surface area contributed by atoms with Gasteiger partial charge in [0.1, 0.15) is 5.69 Å². The lowest BCUT2D eigenvalue weighted by Gasteiger charge is -2.13. The fourth-order valence-corrected chi connectivity index (χ4v) is 3.33. The lowest BCUT2D eigenvalue weighted by molar-refractivity contribution is 0.0999. The summed E-state index contributed by atoms with van der Waals surface area (Å²) < 4.78 is 3.71. The summed E-state index contributed by atoms with van der Waals surface area (Å²) >= 11 is 6.30.